The molecule has 4 nitrogen and oxygen atoms in total. The Morgan fingerprint density at radius 1 is 1.44 bits per heavy atom. The summed E-state index contributed by atoms with van der Waals surface area (Å²) in [5, 5.41) is 8.70. The SMILES string of the molecule is CC(C)N(CCC(=O)O)C(=O)c1cc(Br)sc1Br. The number of hydrogen-bond donors (Lipinski definition) is 1. The minimum Gasteiger partial charge on any atom is -0.481 e. The Morgan fingerprint density at radius 3 is 2.44 bits per heavy atom. The molecule has 0 unspecified atom stereocenters. The van der Waals surface area contributed by atoms with Crippen LogP contribution >= 0.6 is 43.2 Å². The summed E-state index contributed by atoms with van der Waals surface area (Å²) >= 11 is 8.08. The normalized spacial score (nSPS) is 10.7. The molecule has 0 fully saturated rings. The number of aliphatic carboxylic acids is 1. The average molecular weight is 399 g/mol. The summed E-state index contributed by atoms with van der Waals surface area (Å²) in [6.07, 6.45) is -0.0488. The van der Waals surface area contributed by atoms with E-state index in [9.17, 15) is 9.59 Å². The smallest absolute Gasteiger partial charge is 0.305 e. The highest BCUT2D eigenvalue weighted by Gasteiger charge is 2.23. The highest BCUT2D eigenvalue weighted by molar-refractivity contribution is 9.12. The zero-order valence-corrected chi connectivity index (χ0v) is 13.9. The molecule has 0 aliphatic carbocycles. The van der Waals surface area contributed by atoms with Crippen LogP contribution in [0.3, 0.4) is 0 Å². The maximum atomic E-state index is 12.3. The van der Waals surface area contributed by atoms with E-state index in [4.69, 9.17) is 5.11 Å². The second kappa shape index (κ2) is 6.68. The Labute approximate surface area is 126 Å². The van der Waals surface area contributed by atoms with E-state index in [0.29, 0.717) is 5.56 Å². The predicted octanol–water partition coefficient (Wildman–Crippen LogP) is 3.60. The molecule has 0 saturated heterocycles. The summed E-state index contributed by atoms with van der Waals surface area (Å²) in [6, 6.07) is 1.70. The number of amides is 1. The van der Waals surface area contributed by atoms with Crippen molar-refractivity contribution in [3.63, 3.8) is 0 Å². The molecule has 0 atom stereocenters. The van der Waals surface area contributed by atoms with Crippen LogP contribution in [0.15, 0.2) is 13.6 Å². The van der Waals surface area contributed by atoms with E-state index in [-0.39, 0.29) is 24.9 Å². The molecule has 7 heteroatoms. The molecule has 0 bridgehead atoms. The van der Waals surface area contributed by atoms with Gasteiger partial charge in [0.1, 0.15) is 0 Å². The minimum atomic E-state index is -0.904. The first kappa shape index (κ1) is 15.7. The van der Waals surface area contributed by atoms with Gasteiger partial charge < -0.3 is 10.0 Å². The molecule has 1 aromatic rings. The molecular weight excluding hydrogens is 386 g/mol. The van der Waals surface area contributed by atoms with Gasteiger partial charge in [0.25, 0.3) is 5.91 Å². The van der Waals surface area contributed by atoms with Crippen molar-refractivity contribution in [1.29, 1.82) is 0 Å². The quantitative estimate of drug-likeness (QED) is 0.824. The average Bonchev–Trinajstić information content (AvgIpc) is 2.56. The standard InChI is InChI=1S/C11H13Br2NO3S/c1-6(2)14(4-3-9(15)16)11(17)7-5-8(12)18-10(7)13/h5-6H,3-4H2,1-2H3,(H,15,16). The number of carboxylic acid groups (broad SMARTS) is 1. The number of rotatable bonds is 5. The van der Waals surface area contributed by atoms with Gasteiger partial charge in [-0.25, -0.2) is 0 Å². The third kappa shape index (κ3) is 4.07. The Morgan fingerprint density at radius 2 is 2.06 bits per heavy atom. The van der Waals surface area contributed by atoms with Crippen molar-refractivity contribution >= 4 is 55.1 Å². The molecule has 1 amide bonds. The Bertz CT molecular complexity index is 459. The lowest BCUT2D eigenvalue weighted by Crippen LogP contribution is -2.38. The number of carbonyl (C=O) groups excluding carboxylic acids is 1. The van der Waals surface area contributed by atoms with Gasteiger partial charge in [-0.15, -0.1) is 11.3 Å². The topological polar surface area (TPSA) is 57.6 Å². The number of halogens is 2. The van der Waals surface area contributed by atoms with E-state index < -0.39 is 5.97 Å². The second-order valence-corrected chi connectivity index (χ2v) is 7.72. The van der Waals surface area contributed by atoms with E-state index >= 15 is 0 Å². The molecule has 1 N–H and O–H groups in total. The largest absolute Gasteiger partial charge is 0.481 e. The zero-order valence-electron chi connectivity index (χ0n) is 9.94. The molecule has 0 aliphatic rings. The van der Waals surface area contributed by atoms with Crippen molar-refractivity contribution in [1.82, 2.24) is 4.90 Å². The molecule has 100 valence electrons. The van der Waals surface area contributed by atoms with Crippen LogP contribution in [0.4, 0.5) is 0 Å². The van der Waals surface area contributed by atoms with Gasteiger partial charge in [-0.1, -0.05) is 0 Å². The zero-order chi connectivity index (χ0) is 13.9. The lowest BCUT2D eigenvalue weighted by atomic mass is 10.2. The van der Waals surface area contributed by atoms with Crippen LogP contribution < -0.4 is 0 Å². The van der Waals surface area contributed by atoms with Crippen LogP contribution in [0.5, 0.6) is 0 Å². The molecule has 1 aromatic heterocycles. The molecule has 0 aromatic carbocycles. The fourth-order valence-corrected chi connectivity index (χ4v) is 4.23. The Balaban J connectivity index is 2.89. The molecule has 0 saturated carbocycles. The van der Waals surface area contributed by atoms with Crippen LogP contribution in [-0.2, 0) is 4.79 Å². The third-order valence-electron chi connectivity index (χ3n) is 2.34. The van der Waals surface area contributed by atoms with Crippen LogP contribution in [0.25, 0.3) is 0 Å². The van der Waals surface area contributed by atoms with E-state index in [2.05, 4.69) is 31.9 Å². The molecule has 1 rings (SSSR count). The van der Waals surface area contributed by atoms with Crippen LogP contribution in [0.1, 0.15) is 30.6 Å². The predicted molar refractivity (Wildman–Crippen MR) is 78.1 cm³/mol. The monoisotopic (exact) mass is 397 g/mol. The molecule has 1 heterocycles. The van der Waals surface area contributed by atoms with Gasteiger partial charge in [0.15, 0.2) is 0 Å². The van der Waals surface area contributed by atoms with E-state index in [1.807, 2.05) is 13.8 Å². The van der Waals surface area contributed by atoms with Crippen molar-refractivity contribution in [3.05, 3.63) is 19.2 Å². The summed E-state index contributed by atoms with van der Waals surface area (Å²) in [7, 11) is 0. The van der Waals surface area contributed by atoms with Crippen molar-refractivity contribution in [2.24, 2.45) is 0 Å². The summed E-state index contributed by atoms with van der Waals surface area (Å²) in [6.45, 7) is 3.95. The summed E-state index contributed by atoms with van der Waals surface area (Å²) in [5.41, 5.74) is 0.561. The van der Waals surface area contributed by atoms with E-state index in [0.717, 1.165) is 7.57 Å². The summed E-state index contributed by atoms with van der Waals surface area (Å²) in [5.74, 6) is -1.06. The maximum Gasteiger partial charge on any atom is 0.305 e. The number of carboxylic acids is 1. The molecule has 0 aliphatic heterocycles. The fraction of sp³-hybridized carbons (Fsp3) is 0.455. The molecule has 0 spiro atoms. The second-order valence-electron chi connectivity index (χ2n) is 3.97. The highest BCUT2D eigenvalue weighted by Crippen LogP contribution is 2.32. The van der Waals surface area contributed by atoms with Gasteiger partial charge in [0.2, 0.25) is 0 Å². The lowest BCUT2D eigenvalue weighted by molar-refractivity contribution is -0.137. The van der Waals surface area contributed by atoms with Gasteiger partial charge in [0, 0.05) is 12.6 Å². The third-order valence-corrected chi connectivity index (χ3v) is 4.68. The maximum absolute atomic E-state index is 12.3. The highest BCUT2D eigenvalue weighted by atomic mass is 79.9. The van der Waals surface area contributed by atoms with Crippen LogP contribution in [0.2, 0.25) is 0 Å². The summed E-state index contributed by atoms with van der Waals surface area (Å²) in [4.78, 5) is 24.5. The minimum absolute atomic E-state index is 0.0394. The van der Waals surface area contributed by atoms with Crippen LogP contribution in [0, 0.1) is 0 Å². The first-order chi connectivity index (χ1) is 8.32. The first-order valence-corrected chi connectivity index (χ1v) is 7.70. The number of hydrogen-bond acceptors (Lipinski definition) is 3. The van der Waals surface area contributed by atoms with Gasteiger partial charge in [-0.05, 0) is 51.8 Å². The van der Waals surface area contributed by atoms with E-state index in [1.165, 1.54) is 11.3 Å². The fourth-order valence-electron chi connectivity index (χ4n) is 1.45. The Kier molecular flexibility index (Phi) is 5.81. The number of nitrogens with zero attached hydrogens (tertiary/aromatic N) is 1. The van der Waals surface area contributed by atoms with Gasteiger partial charge in [0.05, 0.1) is 19.6 Å². The van der Waals surface area contributed by atoms with Crippen molar-refractivity contribution in [3.8, 4) is 0 Å². The van der Waals surface area contributed by atoms with Gasteiger partial charge in [-0.2, -0.15) is 0 Å². The molecule has 0 radical (unpaired) electrons. The Hall–Kier alpha value is -0.400. The number of carbonyl (C=O) groups is 2. The molecule has 18 heavy (non-hydrogen) atoms. The van der Waals surface area contributed by atoms with Gasteiger partial charge in [-0.3, -0.25) is 9.59 Å². The van der Waals surface area contributed by atoms with Gasteiger partial charge >= 0.3 is 5.97 Å². The van der Waals surface area contributed by atoms with Crippen molar-refractivity contribution < 1.29 is 14.7 Å². The van der Waals surface area contributed by atoms with Crippen molar-refractivity contribution in [2.45, 2.75) is 26.3 Å². The van der Waals surface area contributed by atoms with Crippen molar-refractivity contribution in [2.75, 3.05) is 6.54 Å². The van der Waals surface area contributed by atoms with Crippen LogP contribution in [-0.4, -0.2) is 34.5 Å². The summed E-state index contributed by atoms with van der Waals surface area (Å²) < 4.78 is 1.61. The van der Waals surface area contributed by atoms with E-state index in [1.54, 1.807) is 11.0 Å². The first-order valence-electron chi connectivity index (χ1n) is 5.30. The number of thiophene rings is 1. The lowest BCUT2D eigenvalue weighted by Gasteiger charge is -2.26. The molecular formula is C11H13Br2NO3S.